The molecule has 0 aliphatic rings. The predicted octanol–water partition coefficient (Wildman–Crippen LogP) is 7.42. The van der Waals surface area contributed by atoms with Crippen molar-refractivity contribution in [2.75, 3.05) is 23.9 Å². The number of hydrogen-bond acceptors (Lipinski definition) is 7. The number of furan rings is 1. The topological polar surface area (TPSA) is 89.3 Å². The quantitative estimate of drug-likeness (QED) is 0.156. The lowest BCUT2D eigenvalue weighted by Crippen LogP contribution is -2.22. The van der Waals surface area contributed by atoms with E-state index in [-0.39, 0.29) is 18.5 Å². The number of nitrogens with zero attached hydrogens (tertiary/aromatic N) is 2. The maximum absolute atomic E-state index is 13.5. The summed E-state index contributed by atoms with van der Waals surface area (Å²) in [7, 11) is -0.871. The molecule has 0 saturated heterocycles. The van der Waals surface area contributed by atoms with Gasteiger partial charge in [-0.1, -0.05) is 30.7 Å². The summed E-state index contributed by atoms with van der Waals surface area (Å²) in [6.07, 6.45) is 3.94. The zero-order valence-electron chi connectivity index (χ0n) is 22.7. The summed E-state index contributed by atoms with van der Waals surface area (Å²) in [4.78, 5) is 8.88. The van der Waals surface area contributed by atoms with Crippen LogP contribution in [0.1, 0.15) is 30.7 Å². The standard InChI is InChI=1S/C31H30ClFN4O3S/c1-3-34-27(13-14-41(2)38)30-12-11-28(40-30)21-7-9-26-24(16-21)31(36-19-35-26)37-23-8-10-29(25(32)17-23)39-18-20-5-4-6-22(33)15-20/h4-12,15-17,19,27,34H,3,13-14,18H2,1-2H3,(H,35,36,37). The SMILES string of the molecule is CCNC(CCS(C)=O)c1ccc(-c2ccc3ncnc(Nc4ccc(OCc5cccc(F)c5)c(Cl)c4)c3c2)o1. The van der Waals surface area contributed by atoms with Crippen molar-refractivity contribution in [3.05, 3.63) is 101 Å². The molecule has 5 aromatic rings. The fourth-order valence-corrected chi connectivity index (χ4v) is 5.30. The average molecular weight is 593 g/mol. The van der Waals surface area contributed by atoms with E-state index < -0.39 is 10.8 Å². The van der Waals surface area contributed by atoms with E-state index in [4.69, 9.17) is 20.8 Å². The summed E-state index contributed by atoms with van der Waals surface area (Å²) in [6, 6.07) is 21.4. The number of nitrogens with one attached hydrogen (secondary N) is 2. The van der Waals surface area contributed by atoms with E-state index in [2.05, 4.69) is 20.6 Å². The third kappa shape index (κ3) is 7.30. The summed E-state index contributed by atoms with van der Waals surface area (Å²) in [6.45, 7) is 3.02. The van der Waals surface area contributed by atoms with Crippen LogP contribution in [0.5, 0.6) is 5.75 Å². The van der Waals surface area contributed by atoms with Crippen molar-refractivity contribution in [3.63, 3.8) is 0 Å². The van der Waals surface area contributed by atoms with Crippen LogP contribution < -0.4 is 15.4 Å². The number of benzene rings is 3. The average Bonchev–Trinajstić information content (AvgIpc) is 3.45. The Morgan fingerprint density at radius 1 is 1.07 bits per heavy atom. The highest BCUT2D eigenvalue weighted by atomic mass is 35.5. The number of rotatable bonds is 12. The summed E-state index contributed by atoms with van der Waals surface area (Å²) < 4.78 is 37.1. The molecule has 5 rings (SSSR count). The first kappa shape index (κ1) is 28.7. The van der Waals surface area contributed by atoms with Crippen molar-refractivity contribution in [3.8, 4) is 17.1 Å². The van der Waals surface area contributed by atoms with Gasteiger partial charge < -0.3 is 19.8 Å². The van der Waals surface area contributed by atoms with Crippen LogP contribution in [0.2, 0.25) is 5.02 Å². The van der Waals surface area contributed by atoms with Gasteiger partial charge in [0, 0.05) is 39.4 Å². The Bertz CT molecular complexity index is 1680. The molecule has 2 atom stereocenters. The van der Waals surface area contributed by atoms with E-state index in [1.165, 1.54) is 18.5 Å². The smallest absolute Gasteiger partial charge is 0.141 e. The molecule has 3 aromatic carbocycles. The van der Waals surface area contributed by atoms with E-state index in [9.17, 15) is 8.60 Å². The molecule has 2 unspecified atom stereocenters. The Balaban J connectivity index is 1.35. The molecule has 0 fully saturated rings. The van der Waals surface area contributed by atoms with Gasteiger partial charge in [-0.3, -0.25) is 4.21 Å². The lowest BCUT2D eigenvalue weighted by atomic mass is 10.1. The molecule has 0 spiro atoms. The number of hydrogen-bond donors (Lipinski definition) is 2. The third-order valence-electron chi connectivity index (χ3n) is 6.51. The van der Waals surface area contributed by atoms with Crippen LogP contribution in [0.25, 0.3) is 22.2 Å². The number of halogens is 2. The van der Waals surface area contributed by atoms with E-state index in [1.807, 2.05) is 43.3 Å². The van der Waals surface area contributed by atoms with Crippen molar-refractivity contribution in [1.29, 1.82) is 0 Å². The van der Waals surface area contributed by atoms with Gasteiger partial charge in [-0.05, 0) is 79.2 Å². The molecule has 0 radical (unpaired) electrons. The second-order valence-electron chi connectivity index (χ2n) is 9.52. The van der Waals surface area contributed by atoms with Crippen LogP contribution in [0.3, 0.4) is 0 Å². The fraction of sp³-hybridized carbons (Fsp3) is 0.226. The van der Waals surface area contributed by atoms with Crippen molar-refractivity contribution in [1.82, 2.24) is 15.3 Å². The molecular formula is C31H30ClFN4O3S. The molecule has 2 aromatic heterocycles. The Morgan fingerprint density at radius 2 is 1.95 bits per heavy atom. The normalized spacial score (nSPS) is 12.8. The molecule has 0 amide bonds. The minimum absolute atomic E-state index is 0.00998. The largest absolute Gasteiger partial charge is 0.487 e. The van der Waals surface area contributed by atoms with Crippen LogP contribution in [0.15, 0.2) is 83.5 Å². The molecule has 0 bridgehead atoms. The second-order valence-corrected chi connectivity index (χ2v) is 11.5. The van der Waals surface area contributed by atoms with Gasteiger partial charge in [-0.2, -0.15) is 0 Å². The number of ether oxygens (including phenoxy) is 1. The zero-order valence-corrected chi connectivity index (χ0v) is 24.3. The maximum atomic E-state index is 13.5. The van der Waals surface area contributed by atoms with Gasteiger partial charge in [-0.25, -0.2) is 14.4 Å². The van der Waals surface area contributed by atoms with E-state index in [0.29, 0.717) is 27.9 Å². The van der Waals surface area contributed by atoms with Crippen molar-refractivity contribution >= 4 is 44.8 Å². The van der Waals surface area contributed by atoms with Crippen LogP contribution >= 0.6 is 11.6 Å². The maximum Gasteiger partial charge on any atom is 0.141 e. The van der Waals surface area contributed by atoms with Crippen molar-refractivity contribution in [2.45, 2.75) is 26.0 Å². The molecule has 0 aliphatic heterocycles. The molecule has 212 valence electrons. The minimum atomic E-state index is -0.871. The highest BCUT2D eigenvalue weighted by Gasteiger charge is 2.17. The molecule has 0 saturated carbocycles. The second kappa shape index (κ2) is 13.2. The molecular weight excluding hydrogens is 563 g/mol. The molecule has 2 heterocycles. The predicted molar refractivity (Wildman–Crippen MR) is 163 cm³/mol. The van der Waals surface area contributed by atoms with Crippen LogP contribution in [-0.2, 0) is 17.4 Å². The monoisotopic (exact) mass is 592 g/mol. The summed E-state index contributed by atoms with van der Waals surface area (Å²) >= 11 is 6.50. The molecule has 7 nitrogen and oxygen atoms in total. The van der Waals surface area contributed by atoms with Gasteiger partial charge in [0.15, 0.2) is 0 Å². The number of fused-ring (bicyclic) bond motifs is 1. The lowest BCUT2D eigenvalue weighted by Gasteiger charge is -2.14. The van der Waals surface area contributed by atoms with Gasteiger partial charge in [0.2, 0.25) is 0 Å². The fourth-order valence-electron chi connectivity index (χ4n) is 4.50. The van der Waals surface area contributed by atoms with Crippen LogP contribution in [-0.4, -0.2) is 32.7 Å². The molecule has 2 N–H and O–H groups in total. The third-order valence-corrected chi connectivity index (χ3v) is 7.62. The zero-order chi connectivity index (χ0) is 28.8. The Labute approximate surface area is 245 Å². The molecule has 0 aliphatic carbocycles. The first-order chi connectivity index (χ1) is 19.9. The van der Waals surface area contributed by atoms with Gasteiger partial charge in [0.05, 0.1) is 16.6 Å². The van der Waals surface area contributed by atoms with Crippen LogP contribution in [0, 0.1) is 5.82 Å². The highest BCUT2D eigenvalue weighted by molar-refractivity contribution is 7.84. The lowest BCUT2D eigenvalue weighted by molar-refractivity contribution is 0.306. The number of aromatic nitrogens is 2. The van der Waals surface area contributed by atoms with E-state index in [0.717, 1.165) is 46.6 Å². The van der Waals surface area contributed by atoms with E-state index >= 15 is 0 Å². The highest BCUT2D eigenvalue weighted by Crippen LogP contribution is 2.33. The summed E-state index contributed by atoms with van der Waals surface area (Å²) in [5.41, 5.74) is 3.09. The summed E-state index contributed by atoms with van der Waals surface area (Å²) in [5, 5.41) is 7.98. The Morgan fingerprint density at radius 3 is 2.73 bits per heavy atom. The summed E-state index contributed by atoms with van der Waals surface area (Å²) in [5.74, 6) is 2.92. The van der Waals surface area contributed by atoms with Crippen LogP contribution in [0.4, 0.5) is 15.9 Å². The molecule has 41 heavy (non-hydrogen) atoms. The first-order valence-corrected chi connectivity index (χ1v) is 15.3. The van der Waals surface area contributed by atoms with Crippen molar-refractivity contribution < 1.29 is 17.8 Å². The molecule has 10 heteroatoms. The van der Waals surface area contributed by atoms with Gasteiger partial charge in [0.1, 0.15) is 41.8 Å². The van der Waals surface area contributed by atoms with Gasteiger partial charge in [0.25, 0.3) is 0 Å². The number of anilines is 2. The Hall–Kier alpha value is -3.79. The Kier molecular flexibility index (Phi) is 9.28. The van der Waals surface area contributed by atoms with Crippen molar-refractivity contribution in [2.24, 2.45) is 0 Å². The first-order valence-electron chi connectivity index (χ1n) is 13.2. The van der Waals surface area contributed by atoms with Gasteiger partial charge in [-0.15, -0.1) is 0 Å². The van der Waals surface area contributed by atoms with E-state index in [1.54, 1.807) is 30.5 Å². The minimum Gasteiger partial charge on any atom is -0.487 e. The van der Waals surface area contributed by atoms with Gasteiger partial charge >= 0.3 is 0 Å².